The summed E-state index contributed by atoms with van der Waals surface area (Å²) in [5, 5.41) is 2.85. The van der Waals surface area contributed by atoms with Crippen LogP contribution in [-0.4, -0.2) is 48.5 Å². The molecule has 2 heterocycles. The van der Waals surface area contributed by atoms with E-state index in [0.29, 0.717) is 12.1 Å². The van der Waals surface area contributed by atoms with Crippen molar-refractivity contribution in [3.05, 3.63) is 59.7 Å². The van der Waals surface area contributed by atoms with Crippen molar-refractivity contribution in [1.29, 1.82) is 0 Å². The molecule has 0 saturated carbocycles. The number of anilines is 1. The fourth-order valence-corrected chi connectivity index (χ4v) is 2.93. The lowest BCUT2D eigenvalue weighted by Gasteiger charge is -2.35. The van der Waals surface area contributed by atoms with Crippen LogP contribution >= 0.6 is 0 Å². The van der Waals surface area contributed by atoms with Gasteiger partial charge in [-0.1, -0.05) is 19.1 Å². The Morgan fingerprint density at radius 1 is 1.16 bits per heavy atom. The van der Waals surface area contributed by atoms with Crippen LogP contribution in [0.25, 0.3) is 0 Å². The first-order valence-corrected chi connectivity index (χ1v) is 8.60. The highest BCUT2D eigenvalue weighted by molar-refractivity contribution is 5.94. The lowest BCUT2D eigenvalue weighted by molar-refractivity contribution is 0.0950. The SMILES string of the molecule is CCN1CCN(c2cncc(C(=O)NCc3ccc(F)cc3)c2)CC1. The highest BCUT2D eigenvalue weighted by Gasteiger charge is 2.17. The number of nitrogens with zero attached hydrogens (tertiary/aromatic N) is 3. The third kappa shape index (κ3) is 4.54. The highest BCUT2D eigenvalue weighted by Crippen LogP contribution is 2.17. The van der Waals surface area contributed by atoms with E-state index < -0.39 is 0 Å². The van der Waals surface area contributed by atoms with Crippen molar-refractivity contribution in [2.75, 3.05) is 37.6 Å². The topological polar surface area (TPSA) is 48.5 Å². The van der Waals surface area contributed by atoms with Crippen LogP contribution in [-0.2, 0) is 6.54 Å². The summed E-state index contributed by atoms with van der Waals surface area (Å²) in [5.74, 6) is -0.457. The van der Waals surface area contributed by atoms with Crippen molar-refractivity contribution in [1.82, 2.24) is 15.2 Å². The first kappa shape index (κ1) is 17.4. The van der Waals surface area contributed by atoms with Crippen LogP contribution in [0, 0.1) is 5.82 Å². The summed E-state index contributed by atoms with van der Waals surface area (Å²) < 4.78 is 12.9. The predicted molar refractivity (Wildman–Crippen MR) is 96.1 cm³/mol. The lowest BCUT2D eigenvalue weighted by atomic mass is 10.2. The van der Waals surface area contributed by atoms with Crippen LogP contribution in [0.3, 0.4) is 0 Å². The maximum absolute atomic E-state index is 12.9. The molecule has 1 saturated heterocycles. The third-order valence-electron chi connectivity index (χ3n) is 4.54. The Kier molecular flexibility index (Phi) is 5.60. The average molecular weight is 342 g/mol. The number of rotatable bonds is 5. The second kappa shape index (κ2) is 8.07. The minimum absolute atomic E-state index is 0.175. The Bertz CT molecular complexity index is 712. The highest BCUT2D eigenvalue weighted by atomic mass is 19.1. The largest absolute Gasteiger partial charge is 0.368 e. The van der Waals surface area contributed by atoms with E-state index in [4.69, 9.17) is 0 Å². The summed E-state index contributed by atoms with van der Waals surface area (Å²) in [5.41, 5.74) is 2.37. The molecule has 0 spiro atoms. The van der Waals surface area contributed by atoms with Crippen LogP contribution in [0.4, 0.5) is 10.1 Å². The molecular formula is C19H23FN4O. The summed E-state index contributed by atoms with van der Waals surface area (Å²) in [4.78, 5) is 21.3. The number of nitrogens with one attached hydrogen (secondary N) is 1. The van der Waals surface area contributed by atoms with Crippen molar-refractivity contribution < 1.29 is 9.18 Å². The zero-order valence-electron chi connectivity index (χ0n) is 14.4. The number of benzene rings is 1. The van der Waals surface area contributed by atoms with Crippen LogP contribution in [0.2, 0.25) is 0 Å². The standard InChI is InChI=1S/C19H23FN4O/c1-2-23-7-9-24(10-8-23)18-11-16(13-21-14-18)19(25)22-12-15-3-5-17(20)6-4-15/h3-6,11,13-14H,2,7-10,12H2,1H3,(H,22,25). The number of pyridine rings is 1. The molecule has 1 aliphatic rings. The van der Waals surface area contributed by atoms with Crippen molar-refractivity contribution >= 4 is 11.6 Å². The van der Waals surface area contributed by atoms with Gasteiger partial charge in [-0.05, 0) is 30.3 Å². The predicted octanol–water partition coefficient (Wildman–Crippen LogP) is 2.29. The van der Waals surface area contributed by atoms with Crippen molar-refractivity contribution in [2.24, 2.45) is 0 Å². The van der Waals surface area contributed by atoms with E-state index in [2.05, 4.69) is 27.0 Å². The van der Waals surface area contributed by atoms with Gasteiger partial charge in [0, 0.05) is 38.9 Å². The Morgan fingerprint density at radius 2 is 1.88 bits per heavy atom. The van der Waals surface area contributed by atoms with Gasteiger partial charge in [-0.2, -0.15) is 0 Å². The Hall–Kier alpha value is -2.47. The molecular weight excluding hydrogens is 319 g/mol. The number of carbonyl (C=O) groups is 1. The second-order valence-corrected chi connectivity index (χ2v) is 6.16. The molecule has 5 nitrogen and oxygen atoms in total. The number of likely N-dealkylation sites (N-methyl/N-ethyl adjacent to an activating group) is 1. The number of hydrogen-bond acceptors (Lipinski definition) is 4. The van der Waals surface area contributed by atoms with Gasteiger partial charge in [0.25, 0.3) is 5.91 Å². The maximum atomic E-state index is 12.9. The fraction of sp³-hybridized carbons (Fsp3) is 0.368. The minimum atomic E-state index is -0.282. The molecule has 2 aromatic rings. The van der Waals surface area contributed by atoms with Gasteiger partial charge < -0.3 is 15.1 Å². The van der Waals surface area contributed by atoms with Crippen LogP contribution < -0.4 is 10.2 Å². The van der Waals surface area contributed by atoms with Gasteiger partial charge in [0.1, 0.15) is 5.82 Å². The zero-order chi connectivity index (χ0) is 17.6. The number of amides is 1. The number of piperazine rings is 1. The van der Waals surface area contributed by atoms with E-state index in [1.54, 1.807) is 24.5 Å². The van der Waals surface area contributed by atoms with Crippen molar-refractivity contribution in [3.8, 4) is 0 Å². The van der Waals surface area contributed by atoms with Gasteiger partial charge in [0.05, 0.1) is 17.4 Å². The van der Waals surface area contributed by atoms with Crippen molar-refractivity contribution in [3.63, 3.8) is 0 Å². The van der Waals surface area contributed by atoms with E-state index in [1.165, 1.54) is 12.1 Å². The molecule has 0 unspecified atom stereocenters. The van der Waals surface area contributed by atoms with E-state index in [1.807, 2.05) is 6.07 Å². The summed E-state index contributed by atoms with van der Waals surface area (Å²) >= 11 is 0. The molecule has 0 atom stereocenters. The fourth-order valence-electron chi connectivity index (χ4n) is 2.93. The molecule has 0 radical (unpaired) electrons. The molecule has 25 heavy (non-hydrogen) atoms. The normalized spacial score (nSPS) is 15.2. The number of carbonyl (C=O) groups excluding carboxylic acids is 1. The smallest absolute Gasteiger partial charge is 0.253 e. The molecule has 6 heteroatoms. The van der Waals surface area contributed by atoms with E-state index >= 15 is 0 Å². The molecule has 1 aromatic heterocycles. The average Bonchev–Trinajstić information content (AvgIpc) is 2.67. The number of aromatic nitrogens is 1. The molecule has 132 valence electrons. The van der Waals surface area contributed by atoms with Crippen LogP contribution in [0.1, 0.15) is 22.8 Å². The quantitative estimate of drug-likeness (QED) is 0.906. The molecule has 0 aliphatic carbocycles. The molecule has 1 N–H and O–H groups in total. The molecule has 1 aromatic carbocycles. The lowest BCUT2D eigenvalue weighted by Crippen LogP contribution is -2.46. The number of hydrogen-bond donors (Lipinski definition) is 1. The van der Waals surface area contributed by atoms with Crippen molar-refractivity contribution in [2.45, 2.75) is 13.5 Å². The zero-order valence-corrected chi connectivity index (χ0v) is 14.4. The van der Waals surface area contributed by atoms with E-state index in [0.717, 1.165) is 44.0 Å². The van der Waals surface area contributed by atoms with Crippen LogP contribution in [0.5, 0.6) is 0 Å². The minimum Gasteiger partial charge on any atom is -0.368 e. The number of halogens is 1. The first-order valence-electron chi connectivity index (χ1n) is 8.60. The Labute approximate surface area is 147 Å². The third-order valence-corrected chi connectivity index (χ3v) is 4.54. The van der Waals surface area contributed by atoms with Gasteiger partial charge >= 0.3 is 0 Å². The van der Waals surface area contributed by atoms with E-state index in [9.17, 15) is 9.18 Å². The second-order valence-electron chi connectivity index (χ2n) is 6.16. The van der Waals surface area contributed by atoms with Gasteiger partial charge in [-0.3, -0.25) is 9.78 Å². The Balaban J connectivity index is 1.60. The summed E-state index contributed by atoms with van der Waals surface area (Å²) in [6.07, 6.45) is 3.38. The monoisotopic (exact) mass is 342 g/mol. The first-order chi connectivity index (χ1) is 12.2. The van der Waals surface area contributed by atoms with Gasteiger partial charge in [-0.15, -0.1) is 0 Å². The van der Waals surface area contributed by atoms with Crippen LogP contribution in [0.15, 0.2) is 42.7 Å². The summed E-state index contributed by atoms with van der Waals surface area (Å²) in [7, 11) is 0. The molecule has 3 rings (SSSR count). The van der Waals surface area contributed by atoms with Gasteiger partial charge in [0.15, 0.2) is 0 Å². The summed E-state index contributed by atoms with van der Waals surface area (Å²) in [6.45, 7) is 7.53. The molecule has 1 fully saturated rings. The molecule has 0 bridgehead atoms. The van der Waals surface area contributed by atoms with E-state index in [-0.39, 0.29) is 11.7 Å². The molecule has 1 amide bonds. The Morgan fingerprint density at radius 3 is 2.56 bits per heavy atom. The van der Waals surface area contributed by atoms with Gasteiger partial charge in [-0.25, -0.2) is 4.39 Å². The molecule has 1 aliphatic heterocycles. The van der Waals surface area contributed by atoms with Gasteiger partial charge in [0.2, 0.25) is 0 Å². The summed E-state index contributed by atoms with van der Waals surface area (Å²) in [6, 6.07) is 7.99. The maximum Gasteiger partial charge on any atom is 0.253 e.